The normalized spacial score (nSPS) is 17.4. The topological polar surface area (TPSA) is 78.0 Å². The Hall–Kier alpha value is -2.59. The highest BCUT2D eigenvalue weighted by Gasteiger charge is 2.32. The van der Waals surface area contributed by atoms with Crippen molar-refractivity contribution in [3.63, 3.8) is 0 Å². The number of likely N-dealkylation sites (N-methyl/N-ethyl adjacent to an activating group) is 1. The van der Waals surface area contributed by atoms with Crippen LogP contribution in [-0.2, 0) is 15.8 Å². The maximum atomic E-state index is 13.7. The van der Waals surface area contributed by atoms with Crippen LogP contribution in [0.2, 0.25) is 5.04 Å². The summed E-state index contributed by atoms with van der Waals surface area (Å²) in [6.45, 7) is 13.2. The average Bonchev–Trinajstić information content (AvgIpc) is 2.93. The van der Waals surface area contributed by atoms with Crippen LogP contribution >= 0.6 is 0 Å². The van der Waals surface area contributed by atoms with Crippen LogP contribution in [-0.4, -0.2) is 76.1 Å². The average molecular weight is 496 g/mol. The number of piperazine rings is 1. The number of carbonyl (C=O) groups is 2. The van der Waals surface area contributed by atoms with Gasteiger partial charge in [0.15, 0.2) is 15.6 Å². The van der Waals surface area contributed by atoms with E-state index in [1.54, 1.807) is 29.3 Å². The smallest absolute Gasteiger partial charge is 0.257 e. The first-order chi connectivity index (χ1) is 16.7. The Bertz CT molecular complexity index is 1080. The molecule has 1 N–H and O–H groups in total. The molecule has 1 aromatic carbocycles. The SMILES string of the molecule is CC(C)C(C)(C)[SiH2]OCc1ccc2c(c1)N(C(=O)CN1CCN(C)CC1)c1ncccc1NC2=O. The lowest BCUT2D eigenvalue weighted by molar-refractivity contribution is -0.119. The molecule has 0 saturated carbocycles. The number of carbonyl (C=O) groups excluding carboxylic acids is 2. The van der Waals surface area contributed by atoms with E-state index in [1.165, 1.54) is 0 Å². The van der Waals surface area contributed by atoms with E-state index in [0.717, 1.165) is 31.7 Å². The molecule has 0 bridgehead atoms. The van der Waals surface area contributed by atoms with Crippen LogP contribution in [0.1, 0.15) is 43.6 Å². The Morgan fingerprint density at radius 3 is 2.66 bits per heavy atom. The number of pyridine rings is 1. The van der Waals surface area contributed by atoms with E-state index in [2.05, 4.69) is 54.8 Å². The fraction of sp³-hybridized carbons (Fsp3) is 0.500. The van der Waals surface area contributed by atoms with Crippen molar-refractivity contribution in [2.75, 3.05) is 50.0 Å². The van der Waals surface area contributed by atoms with E-state index in [1.807, 2.05) is 12.1 Å². The number of rotatable bonds is 7. The van der Waals surface area contributed by atoms with E-state index < -0.39 is 9.76 Å². The number of hydrogen-bond acceptors (Lipinski definition) is 6. The summed E-state index contributed by atoms with van der Waals surface area (Å²) >= 11 is 0. The minimum Gasteiger partial charge on any atom is -0.419 e. The van der Waals surface area contributed by atoms with Crippen molar-refractivity contribution in [3.8, 4) is 0 Å². The first kappa shape index (κ1) is 25.5. The van der Waals surface area contributed by atoms with Crippen molar-refractivity contribution in [2.24, 2.45) is 5.92 Å². The molecule has 2 aromatic rings. The van der Waals surface area contributed by atoms with Crippen molar-refractivity contribution in [1.82, 2.24) is 14.8 Å². The number of aromatic nitrogens is 1. The van der Waals surface area contributed by atoms with Gasteiger partial charge in [-0.2, -0.15) is 0 Å². The molecule has 1 aromatic heterocycles. The van der Waals surface area contributed by atoms with E-state index >= 15 is 0 Å². The van der Waals surface area contributed by atoms with Crippen molar-refractivity contribution in [1.29, 1.82) is 0 Å². The van der Waals surface area contributed by atoms with Crippen molar-refractivity contribution in [2.45, 2.75) is 39.3 Å². The molecule has 1 fully saturated rings. The highest BCUT2D eigenvalue weighted by atomic mass is 28.2. The molecule has 35 heavy (non-hydrogen) atoms. The maximum absolute atomic E-state index is 13.7. The van der Waals surface area contributed by atoms with Crippen LogP contribution < -0.4 is 10.2 Å². The third-order valence-corrected chi connectivity index (χ3v) is 9.27. The molecule has 0 spiro atoms. The fourth-order valence-corrected chi connectivity index (χ4v) is 5.34. The van der Waals surface area contributed by atoms with Gasteiger partial charge in [0, 0.05) is 32.4 Å². The summed E-state index contributed by atoms with van der Waals surface area (Å²) in [5.74, 6) is 0.662. The Kier molecular flexibility index (Phi) is 7.70. The van der Waals surface area contributed by atoms with Crippen LogP contribution in [0.4, 0.5) is 17.2 Å². The second-order valence-corrected chi connectivity index (χ2v) is 13.1. The first-order valence-corrected chi connectivity index (χ1v) is 13.6. The molecule has 0 unspecified atom stereocenters. The maximum Gasteiger partial charge on any atom is 0.257 e. The summed E-state index contributed by atoms with van der Waals surface area (Å²) in [7, 11) is 1.32. The lowest BCUT2D eigenvalue weighted by Crippen LogP contribution is -2.48. The van der Waals surface area contributed by atoms with Gasteiger partial charge in [-0.1, -0.05) is 33.8 Å². The molecule has 0 atom stereocenters. The number of anilines is 3. The predicted molar refractivity (Wildman–Crippen MR) is 142 cm³/mol. The molecule has 9 heteroatoms. The molecule has 3 heterocycles. The van der Waals surface area contributed by atoms with Crippen molar-refractivity contribution < 1.29 is 14.0 Å². The molecule has 0 radical (unpaired) electrons. The number of fused-ring (bicyclic) bond motifs is 2. The second-order valence-electron chi connectivity index (χ2n) is 10.6. The van der Waals surface area contributed by atoms with Crippen LogP contribution in [0.5, 0.6) is 0 Å². The zero-order valence-electron chi connectivity index (χ0n) is 21.5. The molecule has 4 rings (SSSR count). The molecule has 1 saturated heterocycles. The highest BCUT2D eigenvalue weighted by molar-refractivity contribution is 6.32. The molecule has 2 amide bonds. The highest BCUT2D eigenvalue weighted by Crippen LogP contribution is 2.37. The lowest BCUT2D eigenvalue weighted by Gasteiger charge is -2.33. The summed E-state index contributed by atoms with van der Waals surface area (Å²) in [5, 5.41) is 3.12. The molecular formula is C26H37N5O3Si. The van der Waals surface area contributed by atoms with Gasteiger partial charge in [0.1, 0.15) is 0 Å². The van der Waals surface area contributed by atoms with E-state index in [-0.39, 0.29) is 23.4 Å². The predicted octanol–water partition coefficient (Wildman–Crippen LogP) is 3.01. The van der Waals surface area contributed by atoms with Gasteiger partial charge in [0.05, 0.1) is 30.1 Å². The number of amides is 2. The lowest BCUT2D eigenvalue weighted by atomic mass is 9.99. The molecule has 8 nitrogen and oxygen atoms in total. The summed E-state index contributed by atoms with van der Waals surface area (Å²) in [6, 6.07) is 9.17. The summed E-state index contributed by atoms with van der Waals surface area (Å²) < 4.78 is 6.20. The fourth-order valence-electron chi connectivity index (χ4n) is 4.14. The molecule has 0 aliphatic carbocycles. The number of benzene rings is 1. The van der Waals surface area contributed by atoms with Gasteiger partial charge in [0.25, 0.3) is 5.91 Å². The van der Waals surface area contributed by atoms with Gasteiger partial charge in [0.2, 0.25) is 5.91 Å². The molecule has 2 aliphatic heterocycles. The van der Waals surface area contributed by atoms with Gasteiger partial charge in [-0.25, -0.2) is 4.98 Å². The van der Waals surface area contributed by atoms with Gasteiger partial charge in [-0.05, 0) is 47.8 Å². The van der Waals surface area contributed by atoms with Crippen LogP contribution in [0.3, 0.4) is 0 Å². The summed E-state index contributed by atoms with van der Waals surface area (Å²) in [4.78, 5) is 37.3. The molecule has 2 aliphatic rings. The van der Waals surface area contributed by atoms with E-state index in [0.29, 0.717) is 35.3 Å². The van der Waals surface area contributed by atoms with Crippen LogP contribution in [0.15, 0.2) is 36.5 Å². The molecule has 188 valence electrons. The summed E-state index contributed by atoms with van der Waals surface area (Å²) in [6.07, 6.45) is 1.65. The zero-order chi connectivity index (χ0) is 25.2. The quantitative estimate of drug-likeness (QED) is 0.595. The Morgan fingerprint density at radius 1 is 1.20 bits per heavy atom. The minimum atomic E-state index is -0.770. The second kappa shape index (κ2) is 10.6. The zero-order valence-corrected chi connectivity index (χ0v) is 22.9. The van der Waals surface area contributed by atoms with Gasteiger partial charge in [-0.15, -0.1) is 0 Å². The van der Waals surface area contributed by atoms with Crippen molar-refractivity contribution in [3.05, 3.63) is 47.7 Å². The standard InChI is InChI=1S/C26H37N5O3Si/c1-18(2)26(3,4)35-34-17-19-8-9-20-22(15-19)31(23(32)16-30-13-11-29(5)12-14-30)24-21(28-25(20)33)7-6-10-27-24/h6-10,15,18H,11-14,16-17,35H2,1-5H3,(H,28,33). The Morgan fingerprint density at radius 2 is 1.94 bits per heavy atom. The summed E-state index contributed by atoms with van der Waals surface area (Å²) in [5.41, 5.74) is 2.49. The largest absolute Gasteiger partial charge is 0.419 e. The number of nitrogens with zero attached hydrogens (tertiary/aromatic N) is 4. The minimum absolute atomic E-state index is 0.0966. The Balaban J connectivity index is 1.64. The number of nitrogens with one attached hydrogen (secondary N) is 1. The van der Waals surface area contributed by atoms with E-state index in [9.17, 15) is 9.59 Å². The van der Waals surface area contributed by atoms with Gasteiger partial charge < -0.3 is 14.6 Å². The van der Waals surface area contributed by atoms with Gasteiger partial charge in [-0.3, -0.25) is 19.4 Å². The Labute approximate surface area is 210 Å². The van der Waals surface area contributed by atoms with Crippen LogP contribution in [0, 0.1) is 5.92 Å². The van der Waals surface area contributed by atoms with Crippen LogP contribution in [0.25, 0.3) is 0 Å². The van der Waals surface area contributed by atoms with E-state index in [4.69, 9.17) is 4.43 Å². The number of hydrogen-bond donors (Lipinski definition) is 1. The van der Waals surface area contributed by atoms with Gasteiger partial charge >= 0.3 is 0 Å². The van der Waals surface area contributed by atoms with Crippen molar-refractivity contribution >= 4 is 38.8 Å². The third kappa shape index (κ3) is 5.80. The molecular weight excluding hydrogens is 458 g/mol. The monoisotopic (exact) mass is 495 g/mol. The third-order valence-electron chi connectivity index (χ3n) is 7.30. The first-order valence-electron chi connectivity index (χ1n) is 12.4.